The number of aromatic nitrogens is 2. The Bertz CT molecular complexity index is 454. The first-order valence-electron chi connectivity index (χ1n) is 4.56. The molecule has 1 aromatic heterocycles. The number of ether oxygens (including phenoxy) is 1. The molecule has 0 aliphatic heterocycles. The molecule has 2 aromatic rings. The summed E-state index contributed by atoms with van der Waals surface area (Å²) in [5, 5.41) is 0. The van der Waals surface area contributed by atoms with Crippen molar-refractivity contribution in [2.45, 2.75) is 6.92 Å². The monoisotopic (exact) mass is 201 g/mol. The van der Waals surface area contributed by atoms with Crippen LogP contribution in [-0.4, -0.2) is 9.97 Å². The third-order valence-corrected chi connectivity index (χ3v) is 1.85. The molecule has 0 aliphatic rings. The second-order valence-electron chi connectivity index (χ2n) is 3.14. The van der Waals surface area contributed by atoms with E-state index in [4.69, 9.17) is 10.5 Å². The molecule has 0 unspecified atom stereocenters. The maximum Gasteiger partial charge on any atom is 0.164 e. The summed E-state index contributed by atoms with van der Waals surface area (Å²) < 4.78 is 5.51. The summed E-state index contributed by atoms with van der Waals surface area (Å²) in [6.45, 7) is 1.82. The van der Waals surface area contributed by atoms with Gasteiger partial charge in [-0.05, 0) is 19.1 Å². The van der Waals surface area contributed by atoms with Crippen molar-refractivity contribution in [3.63, 3.8) is 0 Å². The zero-order valence-electron chi connectivity index (χ0n) is 8.34. The molecule has 0 fully saturated rings. The number of nitrogen functional groups attached to an aromatic ring is 1. The first-order valence-corrected chi connectivity index (χ1v) is 4.56. The Labute approximate surface area is 87.7 Å². The van der Waals surface area contributed by atoms with Gasteiger partial charge in [0, 0.05) is 11.8 Å². The fourth-order valence-electron chi connectivity index (χ4n) is 1.15. The topological polar surface area (TPSA) is 61.0 Å². The second-order valence-corrected chi connectivity index (χ2v) is 3.14. The van der Waals surface area contributed by atoms with Gasteiger partial charge in [-0.1, -0.05) is 6.07 Å². The average Bonchev–Trinajstić information content (AvgIpc) is 2.22. The van der Waals surface area contributed by atoms with Crippen LogP contribution in [0.25, 0.3) is 0 Å². The van der Waals surface area contributed by atoms with Crippen LogP contribution >= 0.6 is 0 Å². The van der Waals surface area contributed by atoms with E-state index < -0.39 is 0 Å². The molecule has 0 spiro atoms. The standard InChI is InChI=1S/C11H11N3O/c1-8-13-6-11(7-14-8)15-10-4-2-3-9(12)5-10/h2-7H,12H2,1H3. The van der Waals surface area contributed by atoms with E-state index in [1.165, 1.54) is 0 Å². The van der Waals surface area contributed by atoms with Gasteiger partial charge in [-0.2, -0.15) is 0 Å². The molecule has 4 nitrogen and oxygen atoms in total. The first kappa shape index (κ1) is 9.45. The molecule has 0 amide bonds. The molecular weight excluding hydrogens is 190 g/mol. The lowest BCUT2D eigenvalue weighted by Crippen LogP contribution is -1.91. The van der Waals surface area contributed by atoms with Gasteiger partial charge in [0.05, 0.1) is 12.4 Å². The molecule has 15 heavy (non-hydrogen) atoms. The van der Waals surface area contributed by atoms with Gasteiger partial charge < -0.3 is 10.5 Å². The molecule has 0 aliphatic carbocycles. The minimum atomic E-state index is 0.603. The SMILES string of the molecule is Cc1ncc(Oc2cccc(N)c2)cn1. The quantitative estimate of drug-likeness (QED) is 0.756. The highest BCUT2D eigenvalue weighted by molar-refractivity contribution is 5.44. The van der Waals surface area contributed by atoms with Gasteiger partial charge >= 0.3 is 0 Å². The van der Waals surface area contributed by atoms with Crippen LogP contribution in [0.4, 0.5) is 5.69 Å². The molecule has 76 valence electrons. The van der Waals surface area contributed by atoms with Crippen LogP contribution in [0.3, 0.4) is 0 Å². The van der Waals surface area contributed by atoms with Gasteiger partial charge in [0.25, 0.3) is 0 Å². The number of rotatable bonds is 2. The summed E-state index contributed by atoms with van der Waals surface area (Å²) in [6, 6.07) is 7.22. The molecule has 1 aromatic carbocycles. The van der Waals surface area contributed by atoms with Gasteiger partial charge in [0.15, 0.2) is 5.75 Å². The van der Waals surface area contributed by atoms with Crippen LogP contribution in [-0.2, 0) is 0 Å². The number of aryl methyl sites for hydroxylation is 1. The normalized spacial score (nSPS) is 9.93. The predicted octanol–water partition coefficient (Wildman–Crippen LogP) is 2.16. The molecule has 0 radical (unpaired) electrons. The van der Waals surface area contributed by atoms with E-state index in [2.05, 4.69) is 9.97 Å². The van der Waals surface area contributed by atoms with Crippen LogP contribution in [0.1, 0.15) is 5.82 Å². The van der Waals surface area contributed by atoms with Gasteiger partial charge in [-0.15, -0.1) is 0 Å². The Morgan fingerprint density at radius 2 is 1.87 bits per heavy atom. The number of nitrogens with two attached hydrogens (primary N) is 1. The molecule has 0 atom stereocenters. The summed E-state index contributed by atoms with van der Waals surface area (Å²) in [7, 11) is 0. The number of hydrogen-bond donors (Lipinski definition) is 1. The third kappa shape index (κ3) is 2.43. The smallest absolute Gasteiger partial charge is 0.164 e. The van der Waals surface area contributed by atoms with Crippen LogP contribution in [0.5, 0.6) is 11.5 Å². The summed E-state index contributed by atoms with van der Waals surface area (Å²) >= 11 is 0. The minimum Gasteiger partial charge on any atom is -0.454 e. The molecular formula is C11H11N3O. The average molecular weight is 201 g/mol. The number of hydrogen-bond acceptors (Lipinski definition) is 4. The maximum absolute atomic E-state index is 5.63. The summed E-state index contributed by atoms with van der Waals surface area (Å²) in [5.41, 5.74) is 6.29. The molecule has 4 heteroatoms. The predicted molar refractivity (Wildman–Crippen MR) is 57.7 cm³/mol. The van der Waals surface area contributed by atoms with Crippen LogP contribution < -0.4 is 10.5 Å². The fraction of sp³-hybridized carbons (Fsp3) is 0.0909. The highest BCUT2D eigenvalue weighted by Gasteiger charge is 1.98. The lowest BCUT2D eigenvalue weighted by atomic mass is 10.3. The lowest BCUT2D eigenvalue weighted by Gasteiger charge is -2.05. The lowest BCUT2D eigenvalue weighted by molar-refractivity contribution is 0.477. The summed E-state index contributed by atoms with van der Waals surface area (Å²) in [4.78, 5) is 8.06. The van der Waals surface area contributed by atoms with Crippen LogP contribution in [0.2, 0.25) is 0 Å². The van der Waals surface area contributed by atoms with Crippen molar-refractivity contribution in [1.82, 2.24) is 9.97 Å². The Morgan fingerprint density at radius 3 is 2.53 bits per heavy atom. The third-order valence-electron chi connectivity index (χ3n) is 1.85. The maximum atomic E-state index is 5.63. The van der Waals surface area contributed by atoms with Crippen molar-refractivity contribution in [2.24, 2.45) is 0 Å². The number of nitrogens with zero attached hydrogens (tertiary/aromatic N) is 2. The fourth-order valence-corrected chi connectivity index (χ4v) is 1.15. The Kier molecular flexibility index (Phi) is 2.49. The van der Waals surface area contributed by atoms with E-state index in [1.807, 2.05) is 19.1 Å². The summed E-state index contributed by atoms with van der Waals surface area (Å²) in [6.07, 6.45) is 3.26. The summed E-state index contributed by atoms with van der Waals surface area (Å²) in [5.74, 6) is 2.00. The molecule has 1 heterocycles. The molecule has 0 bridgehead atoms. The highest BCUT2D eigenvalue weighted by atomic mass is 16.5. The zero-order chi connectivity index (χ0) is 10.7. The number of benzene rings is 1. The van der Waals surface area contributed by atoms with Crippen molar-refractivity contribution in [1.29, 1.82) is 0 Å². The minimum absolute atomic E-state index is 0.603. The van der Waals surface area contributed by atoms with E-state index in [0.717, 1.165) is 5.82 Å². The van der Waals surface area contributed by atoms with Gasteiger partial charge in [0.1, 0.15) is 11.6 Å². The molecule has 0 saturated heterocycles. The van der Waals surface area contributed by atoms with Gasteiger partial charge in [-0.25, -0.2) is 9.97 Å². The van der Waals surface area contributed by atoms with Crippen molar-refractivity contribution < 1.29 is 4.74 Å². The van der Waals surface area contributed by atoms with Gasteiger partial charge in [0.2, 0.25) is 0 Å². The van der Waals surface area contributed by atoms with E-state index in [9.17, 15) is 0 Å². The largest absolute Gasteiger partial charge is 0.454 e. The Balaban J connectivity index is 2.18. The van der Waals surface area contributed by atoms with E-state index in [0.29, 0.717) is 17.2 Å². The van der Waals surface area contributed by atoms with Crippen LogP contribution in [0, 0.1) is 6.92 Å². The van der Waals surface area contributed by atoms with Crippen molar-refractivity contribution in [2.75, 3.05) is 5.73 Å². The van der Waals surface area contributed by atoms with Crippen LogP contribution in [0.15, 0.2) is 36.7 Å². The van der Waals surface area contributed by atoms with Crippen molar-refractivity contribution in [3.8, 4) is 11.5 Å². The van der Waals surface area contributed by atoms with E-state index in [-0.39, 0.29) is 0 Å². The Morgan fingerprint density at radius 1 is 1.13 bits per heavy atom. The number of anilines is 1. The van der Waals surface area contributed by atoms with E-state index in [1.54, 1.807) is 24.5 Å². The molecule has 2 N–H and O–H groups in total. The van der Waals surface area contributed by atoms with Crippen molar-refractivity contribution in [3.05, 3.63) is 42.5 Å². The highest BCUT2D eigenvalue weighted by Crippen LogP contribution is 2.21. The second kappa shape index (κ2) is 3.96. The molecule has 0 saturated carbocycles. The van der Waals surface area contributed by atoms with Gasteiger partial charge in [-0.3, -0.25) is 0 Å². The van der Waals surface area contributed by atoms with Crippen molar-refractivity contribution >= 4 is 5.69 Å². The molecule has 2 rings (SSSR count). The first-order chi connectivity index (χ1) is 7.24. The zero-order valence-corrected chi connectivity index (χ0v) is 8.34. The Hall–Kier alpha value is -2.10. The van der Waals surface area contributed by atoms with E-state index >= 15 is 0 Å².